The lowest BCUT2D eigenvalue weighted by Crippen LogP contribution is -2.37. The van der Waals surface area contributed by atoms with Crippen molar-refractivity contribution in [1.29, 1.82) is 0 Å². The summed E-state index contributed by atoms with van der Waals surface area (Å²) in [6, 6.07) is 0. The van der Waals surface area contributed by atoms with Gasteiger partial charge in [0.05, 0.1) is 5.88 Å². The second-order valence-corrected chi connectivity index (χ2v) is 4.10. The lowest BCUT2D eigenvalue weighted by molar-refractivity contribution is 0.211. The van der Waals surface area contributed by atoms with Gasteiger partial charge in [0.1, 0.15) is 0 Å². The Hall–Kier alpha value is 0.0300. The maximum Gasteiger partial charge on any atom is 0.0613 e. The van der Waals surface area contributed by atoms with Crippen molar-refractivity contribution in [3.8, 4) is 0 Å². The molecule has 0 aromatic heterocycles. The van der Waals surface area contributed by atoms with Crippen molar-refractivity contribution >= 4 is 11.1 Å². The van der Waals surface area contributed by atoms with Gasteiger partial charge >= 0.3 is 0 Å². The van der Waals surface area contributed by atoms with E-state index in [1.807, 2.05) is 4.90 Å². The Labute approximate surface area is 75.4 Å². The van der Waals surface area contributed by atoms with Gasteiger partial charge in [0.2, 0.25) is 0 Å². The highest BCUT2D eigenvalue weighted by Crippen LogP contribution is 2.15. The molecule has 1 unspecified atom stereocenters. The molecule has 1 aliphatic rings. The molecule has 1 heterocycles. The normalized spacial score (nSPS) is 24.2. The minimum Gasteiger partial charge on any atom is -0.771 e. The van der Waals surface area contributed by atoms with Crippen molar-refractivity contribution in [2.24, 2.45) is 11.7 Å². The molecule has 1 rings (SSSR count). The predicted molar refractivity (Wildman–Crippen MR) is 47.1 cm³/mol. The maximum absolute atomic E-state index is 10.4. The van der Waals surface area contributed by atoms with E-state index in [9.17, 15) is 8.76 Å². The number of hydrogen-bond acceptors (Lipinski definition) is 4. The quantitative estimate of drug-likeness (QED) is 0.610. The number of rotatable bonds is 3. The Kier molecular flexibility index (Phi) is 4.14. The molecule has 0 aromatic carbocycles. The van der Waals surface area contributed by atoms with Gasteiger partial charge in [-0.2, -0.15) is 0 Å². The summed E-state index contributed by atoms with van der Waals surface area (Å²) in [5.74, 6) is 0.776. The maximum atomic E-state index is 10.4. The van der Waals surface area contributed by atoms with Crippen LogP contribution in [0.3, 0.4) is 0 Å². The molecule has 0 bridgehead atoms. The Morgan fingerprint density at radius 1 is 1.50 bits per heavy atom. The summed E-state index contributed by atoms with van der Waals surface area (Å²) < 4.78 is 20.7. The zero-order valence-electron chi connectivity index (χ0n) is 7.07. The van der Waals surface area contributed by atoms with E-state index in [4.69, 9.17) is 5.73 Å². The molecule has 0 radical (unpaired) electrons. The minimum atomic E-state index is -1.93. The summed E-state index contributed by atoms with van der Waals surface area (Å²) in [4.78, 5) is 1.95. The van der Waals surface area contributed by atoms with Crippen molar-refractivity contribution in [3.05, 3.63) is 0 Å². The van der Waals surface area contributed by atoms with Gasteiger partial charge in [-0.15, -0.1) is 0 Å². The molecule has 0 saturated carbocycles. The highest BCUT2D eigenvalue weighted by Gasteiger charge is 2.17. The first-order chi connectivity index (χ1) is 5.72. The Balaban J connectivity index is 2.21. The van der Waals surface area contributed by atoms with Crippen molar-refractivity contribution < 1.29 is 8.76 Å². The summed E-state index contributed by atoms with van der Waals surface area (Å²) in [6.07, 6.45) is 2.07. The monoisotopic (exact) mass is 191 g/mol. The molecule has 0 amide bonds. The lowest BCUT2D eigenvalue weighted by Gasteiger charge is -2.31. The van der Waals surface area contributed by atoms with Crippen LogP contribution >= 0.6 is 0 Å². The fourth-order valence-electron chi connectivity index (χ4n) is 1.50. The van der Waals surface area contributed by atoms with Crippen LogP contribution in [0.25, 0.3) is 0 Å². The molecule has 1 atom stereocenters. The first kappa shape index (κ1) is 10.1. The van der Waals surface area contributed by atoms with Crippen LogP contribution in [0.1, 0.15) is 12.8 Å². The molecule has 0 spiro atoms. The average molecular weight is 191 g/mol. The van der Waals surface area contributed by atoms with Crippen LogP contribution in [0.4, 0.5) is 0 Å². The Morgan fingerprint density at radius 2 is 2.08 bits per heavy atom. The van der Waals surface area contributed by atoms with Gasteiger partial charge in [-0.1, -0.05) is 0 Å². The number of hydrogen-bond donors (Lipinski definition) is 1. The molecule has 1 saturated heterocycles. The third kappa shape index (κ3) is 3.18. The van der Waals surface area contributed by atoms with E-state index in [0.29, 0.717) is 5.92 Å². The number of piperidine rings is 1. The molecule has 2 N–H and O–H groups in total. The molecule has 4 nitrogen and oxygen atoms in total. The van der Waals surface area contributed by atoms with E-state index >= 15 is 0 Å². The van der Waals surface area contributed by atoms with Gasteiger partial charge in [0.25, 0.3) is 0 Å². The zero-order chi connectivity index (χ0) is 8.97. The van der Waals surface area contributed by atoms with E-state index in [1.54, 1.807) is 0 Å². The van der Waals surface area contributed by atoms with Gasteiger partial charge in [0.15, 0.2) is 0 Å². The van der Waals surface area contributed by atoms with Gasteiger partial charge in [0, 0.05) is 0 Å². The van der Waals surface area contributed by atoms with Crippen LogP contribution in [0, 0.1) is 5.92 Å². The first-order valence-electron chi connectivity index (χ1n) is 4.20. The fraction of sp³-hybridized carbons (Fsp3) is 1.00. The van der Waals surface area contributed by atoms with Gasteiger partial charge in [-0.05, 0) is 49.5 Å². The second kappa shape index (κ2) is 4.91. The molecular formula is C7H15N2O2S-. The molecule has 1 fully saturated rings. The van der Waals surface area contributed by atoms with E-state index < -0.39 is 11.1 Å². The average Bonchev–Trinajstić information content (AvgIpc) is 2.05. The van der Waals surface area contributed by atoms with Crippen LogP contribution in [-0.4, -0.2) is 39.2 Å². The largest absolute Gasteiger partial charge is 0.771 e. The summed E-state index contributed by atoms with van der Waals surface area (Å²) in [6.45, 7) is 2.47. The molecule has 0 aliphatic carbocycles. The van der Waals surface area contributed by atoms with Gasteiger partial charge < -0.3 is 10.3 Å². The van der Waals surface area contributed by atoms with Crippen molar-refractivity contribution in [2.45, 2.75) is 12.8 Å². The van der Waals surface area contributed by atoms with Crippen LogP contribution in [0.2, 0.25) is 0 Å². The Morgan fingerprint density at radius 3 is 2.50 bits per heavy atom. The smallest absolute Gasteiger partial charge is 0.0613 e. The van der Waals surface area contributed by atoms with Crippen LogP contribution in [-0.2, 0) is 11.1 Å². The van der Waals surface area contributed by atoms with Crippen LogP contribution in [0.5, 0.6) is 0 Å². The lowest BCUT2D eigenvalue weighted by atomic mass is 9.98. The van der Waals surface area contributed by atoms with Gasteiger partial charge in [-0.25, -0.2) is 0 Å². The molecule has 72 valence electrons. The van der Waals surface area contributed by atoms with Crippen molar-refractivity contribution in [3.63, 3.8) is 0 Å². The topological polar surface area (TPSA) is 69.4 Å². The third-order valence-corrected chi connectivity index (χ3v) is 2.90. The molecule has 12 heavy (non-hydrogen) atoms. The summed E-state index contributed by atoms with van der Waals surface area (Å²) in [7, 11) is 0. The van der Waals surface area contributed by atoms with Crippen molar-refractivity contribution in [1.82, 2.24) is 4.90 Å². The predicted octanol–water partition coefficient (Wildman–Crippen LogP) is -0.506. The van der Waals surface area contributed by atoms with E-state index in [2.05, 4.69) is 0 Å². The highest BCUT2D eigenvalue weighted by molar-refractivity contribution is 7.79. The fourth-order valence-corrected chi connectivity index (χ4v) is 2.06. The zero-order valence-corrected chi connectivity index (χ0v) is 7.89. The molecule has 1 aliphatic heterocycles. The highest BCUT2D eigenvalue weighted by atomic mass is 32.2. The minimum absolute atomic E-state index is 0.178. The molecular weight excluding hydrogens is 176 g/mol. The SMILES string of the molecule is NCC1CCN(CS(=O)[O-])CC1. The van der Waals surface area contributed by atoms with E-state index in [0.717, 1.165) is 32.5 Å². The molecule has 0 aromatic rings. The van der Waals surface area contributed by atoms with E-state index in [1.165, 1.54) is 0 Å². The summed E-state index contributed by atoms with van der Waals surface area (Å²) in [5.41, 5.74) is 5.51. The first-order valence-corrected chi connectivity index (χ1v) is 5.45. The molecule has 5 heteroatoms. The van der Waals surface area contributed by atoms with Gasteiger partial charge in [-0.3, -0.25) is 9.11 Å². The van der Waals surface area contributed by atoms with Crippen LogP contribution < -0.4 is 5.73 Å². The van der Waals surface area contributed by atoms with E-state index in [-0.39, 0.29) is 5.88 Å². The summed E-state index contributed by atoms with van der Waals surface area (Å²) in [5, 5.41) is 0. The number of nitrogens with zero attached hydrogens (tertiary/aromatic N) is 1. The summed E-state index contributed by atoms with van der Waals surface area (Å²) >= 11 is -1.93. The van der Waals surface area contributed by atoms with Crippen molar-refractivity contribution in [2.75, 3.05) is 25.5 Å². The van der Waals surface area contributed by atoms with Crippen LogP contribution in [0.15, 0.2) is 0 Å². The second-order valence-electron chi connectivity index (χ2n) is 3.23. The number of nitrogens with two attached hydrogens (primary N) is 1. The number of likely N-dealkylation sites (tertiary alicyclic amines) is 1. The Bertz CT molecular complexity index is 157. The standard InChI is InChI=1S/C7H16N2O2S/c8-5-7-1-3-9(4-2-7)6-12(10)11/h7H,1-6,8H2,(H,10,11)/p-1. The third-order valence-electron chi connectivity index (χ3n) is 2.33.